The van der Waals surface area contributed by atoms with E-state index in [1.54, 1.807) is 0 Å². The topological polar surface area (TPSA) is 58.2 Å². The standard InChI is InChI=1S/C20H24N2O2/c1-5-15-8-7-9-16(6-2)18(15)22-20(24)19(23)21-17-12-13(3)10-11-14(17)4/h7-12H,5-6H2,1-4H3,(H,21,23)(H,22,24). The number of carbonyl (C=O) groups is 2. The van der Waals surface area contributed by atoms with Gasteiger partial charge < -0.3 is 10.6 Å². The highest BCUT2D eigenvalue weighted by Crippen LogP contribution is 2.23. The normalized spacial score (nSPS) is 10.3. The molecule has 2 rings (SSSR count). The third-order valence-electron chi connectivity index (χ3n) is 4.08. The van der Waals surface area contributed by atoms with Crippen molar-refractivity contribution in [2.45, 2.75) is 40.5 Å². The maximum Gasteiger partial charge on any atom is 0.314 e. The van der Waals surface area contributed by atoms with Crippen LogP contribution in [0, 0.1) is 13.8 Å². The van der Waals surface area contributed by atoms with Crippen LogP contribution in [0.3, 0.4) is 0 Å². The summed E-state index contributed by atoms with van der Waals surface area (Å²) in [7, 11) is 0. The minimum absolute atomic E-state index is 0.647. The fourth-order valence-electron chi connectivity index (χ4n) is 2.62. The fraction of sp³-hybridized carbons (Fsp3) is 0.300. The van der Waals surface area contributed by atoms with Gasteiger partial charge in [-0.25, -0.2) is 0 Å². The summed E-state index contributed by atoms with van der Waals surface area (Å²) in [5, 5.41) is 5.48. The van der Waals surface area contributed by atoms with E-state index in [0.29, 0.717) is 5.69 Å². The number of aryl methyl sites for hydroxylation is 4. The number of rotatable bonds is 4. The monoisotopic (exact) mass is 324 g/mol. The minimum atomic E-state index is -0.656. The molecular weight excluding hydrogens is 300 g/mol. The Bertz CT molecular complexity index is 744. The first-order valence-corrected chi connectivity index (χ1v) is 8.26. The molecule has 2 N–H and O–H groups in total. The van der Waals surface area contributed by atoms with Crippen molar-refractivity contribution >= 4 is 23.2 Å². The van der Waals surface area contributed by atoms with E-state index in [1.165, 1.54) is 0 Å². The van der Waals surface area contributed by atoms with E-state index in [-0.39, 0.29) is 0 Å². The molecule has 0 bridgehead atoms. The second kappa shape index (κ2) is 7.77. The van der Waals surface area contributed by atoms with Gasteiger partial charge in [0.15, 0.2) is 0 Å². The zero-order valence-electron chi connectivity index (χ0n) is 14.7. The van der Waals surface area contributed by atoms with Crippen LogP contribution in [-0.4, -0.2) is 11.8 Å². The van der Waals surface area contributed by atoms with Crippen LogP contribution in [0.5, 0.6) is 0 Å². The summed E-state index contributed by atoms with van der Waals surface area (Å²) >= 11 is 0. The van der Waals surface area contributed by atoms with Crippen LogP contribution in [0.4, 0.5) is 11.4 Å². The van der Waals surface area contributed by atoms with Gasteiger partial charge in [0.1, 0.15) is 0 Å². The Kier molecular flexibility index (Phi) is 5.74. The maximum absolute atomic E-state index is 12.3. The van der Waals surface area contributed by atoms with Gasteiger partial charge in [-0.2, -0.15) is 0 Å². The lowest BCUT2D eigenvalue weighted by molar-refractivity contribution is -0.133. The molecule has 0 saturated carbocycles. The van der Waals surface area contributed by atoms with Crippen molar-refractivity contribution in [2.24, 2.45) is 0 Å². The van der Waals surface area contributed by atoms with Gasteiger partial charge in [-0.15, -0.1) is 0 Å². The average Bonchev–Trinajstić information content (AvgIpc) is 2.58. The van der Waals surface area contributed by atoms with E-state index in [9.17, 15) is 9.59 Å². The highest BCUT2D eigenvalue weighted by molar-refractivity contribution is 6.43. The molecule has 0 aliphatic carbocycles. The van der Waals surface area contributed by atoms with Crippen molar-refractivity contribution in [3.8, 4) is 0 Å². The molecule has 0 aromatic heterocycles. The van der Waals surface area contributed by atoms with Crippen LogP contribution in [0.1, 0.15) is 36.1 Å². The molecule has 0 atom stereocenters. The summed E-state index contributed by atoms with van der Waals surface area (Å²) in [6, 6.07) is 11.7. The van der Waals surface area contributed by atoms with Gasteiger partial charge in [0, 0.05) is 11.4 Å². The highest BCUT2D eigenvalue weighted by Gasteiger charge is 2.17. The molecule has 0 radical (unpaired) electrons. The average molecular weight is 324 g/mol. The fourth-order valence-corrected chi connectivity index (χ4v) is 2.62. The Balaban J connectivity index is 2.18. The van der Waals surface area contributed by atoms with Crippen LogP contribution in [0.2, 0.25) is 0 Å². The largest absolute Gasteiger partial charge is 0.318 e. The van der Waals surface area contributed by atoms with Crippen LogP contribution in [-0.2, 0) is 22.4 Å². The molecule has 0 saturated heterocycles. The van der Waals surface area contributed by atoms with E-state index in [2.05, 4.69) is 10.6 Å². The molecule has 0 unspecified atom stereocenters. The van der Waals surface area contributed by atoms with E-state index in [4.69, 9.17) is 0 Å². The summed E-state index contributed by atoms with van der Waals surface area (Å²) in [5.74, 6) is -1.30. The quantitative estimate of drug-likeness (QED) is 0.835. The summed E-state index contributed by atoms with van der Waals surface area (Å²) in [5.41, 5.74) is 5.42. The maximum atomic E-state index is 12.3. The third-order valence-corrected chi connectivity index (χ3v) is 4.08. The molecule has 0 aliphatic heterocycles. The number of para-hydroxylation sites is 1. The lowest BCUT2D eigenvalue weighted by Crippen LogP contribution is -2.30. The van der Waals surface area contributed by atoms with E-state index in [0.717, 1.165) is 40.8 Å². The molecule has 0 heterocycles. The molecule has 24 heavy (non-hydrogen) atoms. The molecule has 0 aliphatic rings. The SMILES string of the molecule is CCc1cccc(CC)c1NC(=O)C(=O)Nc1cc(C)ccc1C. The summed E-state index contributed by atoms with van der Waals surface area (Å²) < 4.78 is 0. The van der Waals surface area contributed by atoms with E-state index in [1.807, 2.05) is 64.1 Å². The molecule has 2 aromatic rings. The predicted octanol–water partition coefficient (Wildman–Crippen LogP) is 4.01. The van der Waals surface area contributed by atoms with Gasteiger partial charge in [0.05, 0.1) is 0 Å². The Morgan fingerprint density at radius 3 is 2.04 bits per heavy atom. The van der Waals surface area contributed by atoms with E-state index >= 15 is 0 Å². The zero-order chi connectivity index (χ0) is 17.7. The van der Waals surface area contributed by atoms with Gasteiger partial charge in [-0.05, 0) is 55.0 Å². The second-order valence-electron chi connectivity index (χ2n) is 5.88. The Hall–Kier alpha value is -2.62. The van der Waals surface area contributed by atoms with Crippen molar-refractivity contribution in [1.82, 2.24) is 0 Å². The smallest absolute Gasteiger partial charge is 0.314 e. The number of carbonyl (C=O) groups excluding carboxylic acids is 2. The lowest BCUT2D eigenvalue weighted by Gasteiger charge is -2.14. The summed E-state index contributed by atoms with van der Waals surface area (Å²) in [6.45, 7) is 7.90. The number of hydrogen-bond acceptors (Lipinski definition) is 2. The van der Waals surface area contributed by atoms with E-state index < -0.39 is 11.8 Å². The first-order valence-electron chi connectivity index (χ1n) is 8.26. The van der Waals surface area contributed by atoms with Crippen molar-refractivity contribution < 1.29 is 9.59 Å². The first kappa shape index (κ1) is 17.7. The molecule has 4 heteroatoms. The summed E-state index contributed by atoms with van der Waals surface area (Å²) in [6.07, 6.45) is 1.59. The van der Waals surface area contributed by atoms with Gasteiger partial charge in [-0.1, -0.05) is 44.2 Å². The number of hydrogen-bond donors (Lipinski definition) is 2. The third kappa shape index (κ3) is 4.02. The molecular formula is C20H24N2O2. The molecule has 4 nitrogen and oxygen atoms in total. The van der Waals surface area contributed by atoms with Gasteiger partial charge in [0.25, 0.3) is 0 Å². The van der Waals surface area contributed by atoms with Crippen LogP contribution in [0.25, 0.3) is 0 Å². The number of amides is 2. The molecule has 0 fully saturated rings. The first-order chi connectivity index (χ1) is 11.5. The van der Waals surface area contributed by atoms with Crippen LogP contribution in [0.15, 0.2) is 36.4 Å². The van der Waals surface area contributed by atoms with Crippen LogP contribution < -0.4 is 10.6 Å². The predicted molar refractivity (Wildman–Crippen MR) is 98.4 cm³/mol. The Morgan fingerprint density at radius 1 is 0.875 bits per heavy atom. The number of anilines is 2. The molecule has 0 spiro atoms. The summed E-state index contributed by atoms with van der Waals surface area (Å²) in [4.78, 5) is 24.6. The Labute approximate surface area is 143 Å². The minimum Gasteiger partial charge on any atom is -0.318 e. The van der Waals surface area contributed by atoms with Crippen LogP contribution >= 0.6 is 0 Å². The highest BCUT2D eigenvalue weighted by atomic mass is 16.2. The molecule has 126 valence electrons. The van der Waals surface area contributed by atoms with Crippen molar-refractivity contribution in [1.29, 1.82) is 0 Å². The second-order valence-corrected chi connectivity index (χ2v) is 5.88. The zero-order valence-corrected chi connectivity index (χ0v) is 14.7. The molecule has 2 amide bonds. The van der Waals surface area contributed by atoms with Crippen molar-refractivity contribution in [3.05, 3.63) is 58.7 Å². The van der Waals surface area contributed by atoms with Crippen molar-refractivity contribution in [2.75, 3.05) is 10.6 Å². The number of nitrogens with one attached hydrogen (secondary N) is 2. The number of benzene rings is 2. The van der Waals surface area contributed by atoms with Crippen molar-refractivity contribution in [3.63, 3.8) is 0 Å². The van der Waals surface area contributed by atoms with Gasteiger partial charge in [-0.3, -0.25) is 9.59 Å². The molecule has 2 aromatic carbocycles. The Morgan fingerprint density at radius 2 is 1.46 bits per heavy atom. The van der Waals surface area contributed by atoms with Gasteiger partial charge in [0.2, 0.25) is 0 Å². The lowest BCUT2D eigenvalue weighted by atomic mass is 10.0. The van der Waals surface area contributed by atoms with Gasteiger partial charge >= 0.3 is 11.8 Å².